The van der Waals surface area contributed by atoms with Gasteiger partial charge < -0.3 is 5.32 Å². The van der Waals surface area contributed by atoms with Gasteiger partial charge in [0.05, 0.1) is 11.4 Å². The van der Waals surface area contributed by atoms with E-state index in [-0.39, 0.29) is 0 Å². The first-order chi connectivity index (χ1) is 9.22. The maximum Gasteiger partial charge on any atom is 0.0648 e. The zero-order valence-corrected chi connectivity index (χ0v) is 12.6. The Kier molecular flexibility index (Phi) is 5.32. The third kappa shape index (κ3) is 3.75. The van der Waals surface area contributed by atoms with Crippen LogP contribution in [0, 0.1) is 19.8 Å². The minimum Gasteiger partial charge on any atom is -0.310 e. The number of hydrogen-bond donors (Lipinski definition) is 1. The van der Waals surface area contributed by atoms with Crippen LogP contribution in [0.4, 0.5) is 0 Å². The van der Waals surface area contributed by atoms with Crippen LogP contribution < -0.4 is 5.32 Å². The molecule has 1 aromatic rings. The normalized spacial score (nSPS) is 19.1. The molecule has 0 aromatic carbocycles. The van der Waals surface area contributed by atoms with Gasteiger partial charge in [-0.05, 0) is 50.8 Å². The van der Waals surface area contributed by atoms with E-state index < -0.39 is 0 Å². The summed E-state index contributed by atoms with van der Waals surface area (Å²) in [5, 5.41) is 12.2. The van der Waals surface area contributed by atoms with Crippen molar-refractivity contribution in [3.63, 3.8) is 0 Å². The Hall–Kier alpha value is -0.960. The number of nitrogens with one attached hydrogen (secondary N) is 1. The Labute approximate surface area is 117 Å². The lowest BCUT2D eigenvalue weighted by Crippen LogP contribution is -2.29. The molecule has 1 heterocycles. The summed E-state index contributed by atoms with van der Waals surface area (Å²) in [6, 6.07) is 2.68. The fraction of sp³-hybridized carbons (Fsp3) is 0.750. The molecule has 3 nitrogen and oxygen atoms in total. The van der Waals surface area contributed by atoms with E-state index in [4.69, 9.17) is 0 Å². The summed E-state index contributed by atoms with van der Waals surface area (Å²) in [4.78, 5) is 0. The predicted octanol–water partition coefficient (Wildman–Crippen LogP) is 3.71. The number of aryl methyl sites for hydroxylation is 2. The Balaban J connectivity index is 2.24. The molecule has 3 heteroatoms. The molecular formula is C16H27N3. The molecule has 106 valence electrons. The summed E-state index contributed by atoms with van der Waals surface area (Å²) in [5.41, 5.74) is 3.47. The van der Waals surface area contributed by atoms with Gasteiger partial charge in [-0.3, -0.25) is 0 Å². The van der Waals surface area contributed by atoms with Crippen LogP contribution in [0.5, 0.6) is 0 Å². The first-order valence-electron chi connectivity index (χ1n) is 7.76. The van der Waals surface area contributed by atoms with Gasteiger partial charge in [0.25, 0.3) is 0 Å². The molecule has 1 aromatic heterocycles. The SMILES string of the molecule is CCNC(c1cc(C)nnc1C)C1CCCCCC1. The molecule has 1 aliphatic rings. The summed E-state index contributed by atoms with van der Waals surface area (Å²) in [5.74, 6) is 0.754. The van der Waals surface area contributed by atoms with Crippen molar-refractivity contribution in [1.29, 1.82) is 0 Å². The standard InChI is InChI=1S/C16H27N3/c1-4-17-16(14-9-7-5-6-8-10-14)15-11-12(2)18-19-13(15)3/h11,14,16-17H,4-10H2,1-3H3. The lowest BCUT2D eigenvalue weighted by atomic mass is 9.86. The van der Waals surface area contributed by atoms with Gasteiger partial charge in [0.2, 0.25) is 0 Å². The molecule has 1 aliphatic carbocycles. The summed E-state index contributed by atoms with van der Waals surface area (Å²) in [7, 11) is 0. The largest absolute Gasteiger partial charge is 0.310 e. The Morgan fingerprint density at radius 1 is 1.16 bits per heavy atom. The third-order valence-corrected chi connectivity index (χ3v) is 4.27. The van der Waals surface area contributed by atoms with Gasteiger partial charge in [-0.15, -0.1) is 0 Å². The summed E-state index contributed by atoms with van der Waals surface area (Å²) >= 11 is 0. The van der Waals surface area contributed by atoms with Crippen molar-refractivity contribution >= 4 is 0 Å². The van der Waals surface area contributed by atoms with E-state index in [2.05, 4.69) is 35.4 Å². The lowest BCUT2D eigenvalue weighted by Gasteiger charge is -2.28. The fourth-order valence-corrected chi connectivity index (χ4v) is 3.28. The zero-order chi connectivity index (χ0) is 13.7. The first kappa shape index (κ1) is 14.4. The van der Waals surface area contributed by atoms with Crippen molar-refractivity contribution in [3.05, 3.63) is 23.0 Å². The van der Waals surface area contributed by atoms with Crippen LogP contribution in [-0.4, -0.2) is 16.7 Å². The average molecular weight is 261 g/mol. The minimum atomic E-state index is 0.456. The van der Waals surface area contributed by atoms with Gasteiger partial charge in [-0.25, -0.2) is 0 Å². The zero-order valence-electron chi connectivity index (χ0n) is 12.6. The molecule has 1 fully saturated rings. The van der Waals surface area contributed by atoms with Crippen molar-refractivity contribution < 1.29 is 0 Å². The van der Waals surface area contributed by atoms with Gasteiger partial charge in [-0.1, -0.05) is 32.6 Å². The summed E-state index contributed by atoms with van der Waals surface area (Å²) in [6.45, 7) is 7.33. The van der Waals surface area contributed by atoms with E-state index >= 15 is 0 Å². The highest BCUT2D eigenvalue weighted by molar-refractivity contribution is 5.24. The molecule has 1 saturated carbocycles. The molecule has 1 atom stereocenters. The lowest BCUT2D eigenvalue weighted by molar-refractivity contribution is 0.328. The molecule has 0 spiro atoms. The fourth-order valence-electron chi connectivity index (χ4n) is 3.28. The maximum atomic E-state index is 4.31. The molecule has 2 rings (SSSR count). The van der Waals surface area contributed by atoms with Crippen molar-refractivity contribution in [2.24, 2.45) is 5.92 Å². The van der Waals surface area contributed by atoms with Crippen LogP contribution in [0.1, 0.15) is 68.4 Å². The first-order valence-corrected chi connectivity index (χ1v) is 7.76. The van der Waals surface area contributed by atoms with Crippen LogP contribution in [0.15, 0.2) is 6.07 Å². The van der Waals surface area contributed by atoms with E-state index in [0.29, 0.717) is 6.04 Å². The highest BCUT2D eigenvalue weighted by Gasteiger charge is 2.25. The van der Waals surface area contributed by atoms with Gasteiger partial charge in [0.1, 0.15) is 0 Å². The second kappa shape index (κ2) is 6.99. The molecule has 1 N–H and O–H groups in total. The average Bonchev–Trinajstić information content (AvgIpc) is 2.68. The smallest absolute Gasteiger partial charge is 0.0648 e. The maximum absolute atomic E-state index is 4.31. The van der Waals surface area contributed by atoms with E-state index in [1.807, 2.05) is 6.92 Å². The highest BCUT2D eigenvalue weighted by atomic mass is 15.1. The number of hydrogen-bond acceptors (Lipinski definition) is 3. The van der Waals surface area contributed by atoms with E-state index in [1.54, 1.807) is 0 Å². The van der Waals surface area contributed by atoms with Gasteiger partial charge >= 0.3 is 0 Å². The monoisotopic (exact) mass is 261 g/mol. The van der Waals surface area contributed by atoms with Crippen LogP contribution in [0.2, 0.25) is 0 Å². The van der Waals surface area contributed by atoms with Crippen LogP contribution in [0.25, 0.3) is 0 Å². The van der Waals surface area contributed by atoms with Gasteiger partial charge in [0.15, 0.2) is 0 Å². The van der Waals surface area contributed by atoms with Crippen molar-refractivity contribution in [1.82, 2.24) is 15.5 Å². The summed E-state index contributed by atoms with van der Waals surface area (Å²) < 4.78 is 0. The van der Waals surface area contributed by atoms with Crippen molar-refractivity contribution in [2.45, 2.75) is 65.3 Å². The van der Waals surface area contributed by atoms with Crippen LogP contribution >= 0.6 is 0 Å². The molecule has 1 unspecified atom stereocenters. The second-order valence-electron chi connectivity index (χ2n) is 5.81. The molecule has 0 amide bonds. The van der Waals surface area contributed by atoms with E-state index in [9.17, 15) is 0 Å². The van der Waals surface area contributed by atoms with Crippen LogP contribution in [0.3, 0.4) is 0 Å². The van der Waals surface area contributed by atoms with E-state index in [1.165, 1.54) is 44.1 Å². The Morgan fingerprint density at radius 2 is 1.84 bits per heavy atom. The molecule has 0 bridgehead atoms. The molecule has 19 heavy (non-hydrogen) atoms. The predicted molar refractivity (Wildman–Crippen MR) is 79.1 cm³/mol. The van der Waals surface area contributed by atoms with E-state index in [0.717, 1.165) is 23.9 Å². The molecule has 0 radical (unpaired) electrons. The molecule has 0 aliphatic heterocycles. The number of rotatable bonds is 4. The quantitative estimate of drug-likeness (QED) is 0.840. The van der Waals surface area contributed by atoms with Crippen molar-refractivity contribution in [2.75, 3.05) is 6.54 Å². The highest BCUT2D eigenvalue weighted by Crippen LogP contribution is 2.34. The summed E-state index contributed by atoms with van der Waals surface area (Å²) in [6.07, 6.45) is 8.26. The molecular weight excluding hydrogens is 234 g/mol. The number of nitrogens with zero attached hydrogens (tertiary/aromatic N) is 2. The van der Waals surface area contributed by atoms with Crippen molar-refractivity contribution in [3.8, 4) is 0 Å². The van der Waals surface area contributed by atoms with Crippen LogP contribution in [-0.2, 0) is 0 Å². The third-order valence-electron chi connectivity index (χ3n) is 4.27. The number of aromatic nitrogens is 2. The second-order valence-corrected chi connectivity index (χ2v) is 5.81. The molecule has 0 saturated heterocycles. The Morgan fingerprint density at radius 3 is 2.47 bits per heavy atom. The topological polar surface area (TPSA) is 37.8 Å². The van der Waals surface area contributed by atoms with Gasteiger partial charge in [0, 0.05) is 6.04 Å². The minimum absolute atomic E-state index is 0.456. The Bertz CT molecular complexity index is 395. The van der Waals surface area contributed by atoms with Gasteiger partial charge in [-0.2, -0.15) is 10.2 Å².